The molecule has 2 aliphatic heterocycles. The molecule has 0 radical (unpaired) electrons. The number of fused-ring (bicyclic) bond motifs is 1. The average Bonchev–Trinajstić information content (AvgIpc) is 2.75. The van der Waals surface area contributed by atoms with E-state index in [1.807, 2.05) is 0 Å². The Bertz CT molecular complexity index is 473. The predicted octanol–water partition coefficient (Wildman–Crippen LogP) is 0.526. The average molecular weight is 249 g/mol. The van der Waals surface area contributed by atoms with Gasteiger partial charge < -0.3 is 4.90 Å². The van der Waals surface area contributed by atoms with Crippen LogP contribution < -0.4 is 4.90 Å². The Kier molecular flexibility index (Phi) is 2.53. The summed E-state index contributed by atoms with van der Waals surface area (Å²) in [6, 6.07) is -0.561. The topological polar surface area (TPSA) is 71.3 Å². The van der Waals surface area contributed by atoms with Crippen molar-refractivity contribution < 1.29 is 9.59 Å². The Labute approximate surface area is 104 Å². The zero-order valence-corrected chi connectivity index (χ0v) is 10.2. The van der Waals surface area contributed by atoms with Crippen molar-refractivity contribution in [1.29, 1.82) is 0 Å². The molecule has 3 heterocycles. The van der Waals surface area contributed by atoms with Gasteiger partial charge in [-0.3, -0.25) is 9.48 Å². The van der Waals surface area contributed by atoms with Gasteiger partial charge in [-0.2, -0.15) is 0 Å². The normalized spacial score (nSPS) is 24.4. The van der Waals surface area contributed by atoms with Crippen molar-refractivity contribution >= 4 is 17.8 Å². The van der Waals surface area contributed by atoms with Gasteiger partial charge in [0.1, 0.15) is 6.04 Å². The number of aryl methyl sites for hydroxylation is 1. The van der Waals surface area contributed by atoms with Crippen molar-refractivity contribution in [3.63, 3.8) is 0 Å². The van der Waals surface area contributed by atoms with Crippen molar-refractivity contribution in [2.45, 2.75) is 31.7 Å². The third-order valence-corrected chi connectivity index (χ3v) is 3.51. The van der Waals surface area contributed by atoms with Crippen molar-refractivity contribution in [3.05, 3.63) is 6.20 Å². The van der Waals surface area contributed by atoms with Gasteiger partial charge in [0.15, 0.2) is 5.82 Å². The maximum absolute atomic E-state index is 12.3. The van der Waals surface area contributed by atoms with Gasteiger partial charge in [0.25, 0.3) is 5.91 Å². The molecule has 0 aromatic carbocycles. The number of urea groups is 1. The molecule has 0 saturated carbocycles. The van der Waals surface area contributed by atoms with Crippen LogP contribution in [0, 0.1) is 0 Å². The van der Waals surface area contributed by atoms with Crippen LogP contribution in [-0.4, -0.2) is 44.4 Å². The molecule has 2 saturated heterocycles. The fourth-order valence-electron chi connectivity index (χ4n) is 2.61. The Morgan fingerprint density at radius 1 is 1.28 bits per heavy atom. The van der Waals surface area contributed by atoms with Gasteiger partial charge in [0, 0.05) is 13.6 Å². The first-order valence-corrected chi connectivity index (χ1v) is 6.19. The van der Waals surface area contributed by atoms with Crippen molar-refractivity contribution in [2.24, 2.45) is 7.05 Å². The van der Waals surface area contributed by atoms with E-state index in [1.54, 1.807) is 18.1 Å². The molecule has 0 bridgehead atoms. The highest BCUT2D eigenvalue weighted by Gasteiger charge is 2.46. The number of aromatic nitrogens is 3. The van der Waals surface area contributed by atoms with E-state index in [0.717, 1.165) is 30.6 Å². The van der Waals surface area contributed by atoms with Crippen molar-refractivity contribution in [1.82, 2.24) is 19.9 Å². The number of hydrogen-bond donors (Lipinski definition) is 0. The number of imide groups is 1. The first kappa shape index (κ1) is 11.2. The standard InChI is InChI=1S/C11H15N5O2/c1-14-7-9(12-13-14)16-10(17)8-5-3-2-4-6-15(8)11(16)18/h7-8H,2-6H2,1H3. The Morgan fingerprint density at radius 3 is 2.83 bits per heavy atom. The maximum atomic E-state index is 12.3. The highest BCUT2D eigenvalue weighted by molar-refractivity contribution is 6.20. The molecule has 96 valence electrons. The molecule has 18 heavy (non-hydrogen) atoms. The third-order valence-electron chi connectivity index (χ3n) is 3.51. The predicted molar refractivity (Wildman–Crippen MR) is 62.8 cm³/mol. The summed E-state index contributed by atoms with van der Waals surface area (Å²) < 4.78 is 1.49. The molecular weight excluding hydrogens is 234 g/mol. The molecule has 7 nitrogen and oxygen atoms in total. The molecule has 1 aromatic heterocycles. The largest absolute Gasteiger partial charge is 0.333 e. The van der Waals surface area contributed by atoms with Gasteiger partial charge in [-0.05, 0) is 12.8 Å². The van der Waals surface area contributed by atoms with E-state index in [0.29, 0.717) is 12.4 Å². The quantitative estimate of drug-likeness (QED) is 0.680. The fourth-order valence-corrected chi connectivity index (χ4v) is 2.61. The van der Waals surface area contributed by atoms with Crippen molar-refractivity contribution in [3.8, 4) is 0 Å². The monoisotopic (exact) mass is 249 g/mol. The first-order chi connectivity index (χ1) is 8.68. The second kappa shape index (κ2) is 4.08. The molecule has 3 rings (SSSR count). The van der Waals surface area contributed by atoms with Crippen LogP contribution in [0.2, 0.25) is 0 Å². The Balaban J connectivity index is 1.93. The number of carbonyl (C=O) groups excluding carboxylic acids is 2. The lowest BCUT2D eigenvalue weighted by molar-refractivity contribution is -0.119. The van der Waals surface area contributed by atoms with Crippen LogP contribution in [0.5, 0.6) is 0 Å². The van der Waals surface area contributed by atoms with E-state index in [2.05, 4.69) is 10.3 Å². The first-order valence-electron chi connectivity index (χ1n) is 6.19. The smallest absolute Gasteiger partial charge is 0.312 e. The Hall–Kier alpha value is -1.92. The molecule has 0 N–H and O–H groups in total. The van der Waals surface area contributed by atoms with Gasteiger partial charge in [-0.25, -0.2) is 9.69 Å². The van der Waals surface area contributed by atoms with E-state index in [9.17, 15) is 9.59 Å². The SMILES string of the molecule is Cn1cc(N2C(=O)C3CCCCCN3C2=O)nn1. The van der Waals surface area contributed by atoms with Gasteiger partial charge in [0.2, 0.25) is 0 Å². The van der Waals surface area contributed by atoms with Gasteiger partial charge >= 0.3 is 6.03 Å². The summed E-state index contributed by atoms with van der Waals surface area (Å²) in [5.74, 6) is 0.156. The summed E-state index contributed by atoms with van der Waals surface area (Å²) in [4.78, 5) is 27.4. The second-order valence-electron chi connectivity index (χ2n) is 4.77. The van der Waals surface area contributed by atoms with E-state index in [-0.39, 0.29) is 18.0 Å². The lowest BCUT2D eigenvalue weighted by atomic mass is 10.1. The molecule has 7 heteroatoms. The van der Waals surface area contributed by atoms with Crippen LogP contribution in [0.4, 0.5) is 10.6 Å². The lowest BCUT2D eigenvalue weighted by Gasteiger charge is -2.17. The summed E-state index contributed by atoms with van der Waals surface area (Å²) >= 11 is 0. The highest BCUT2D eigenvalue weighted by atomic mass is 16.2. The number of nitrogens with zero attached hydrogens (tertiary/aromatic N) is 5. The van der Waals surface area contributed by atoms with Gasteiger partial charge in [-0.15, -0.1) is 5.10 Å². The highest BCUT2D eigenvalue weighted by Crippen LogP contribution is 2.28. The minimum Gasteiger partial charge on any atom is -0.312 e. The molecule has 0 spiro atoms. The summed E-state index contributed by atoms with van der Waals surface area (Å²) in [6.07, 6.45) is 5.38. The second-order valence-corrected chi connectivity index (χ2v) is 4.77. The number of amides is 3. The van der Waals surface area contributed by atoms with Gasteiger partial charge in [-0.1, -0.05) is 18.1 Å². The fraction of sp³-hybridized carbons (Fsp3) is 0.636. The van der Waals surface area contributed by atoms with E-state index < -0.39 is 0 Å². The number of hydrogen-bond acceptors (Lipinski definition) is 4. The molecule has 2 fully saturated rings. The number of rotatable bonds is 1. The van der Waals surface area contributed by atoms with E-state index in [4.69, 9.17) is 0 Å². The van der Waals surface area contributed by atoms with Crippen LogP contribution in [0.1, 0.15) is 25.7 Å². The zero-order valence-electron chi connectivity index (χ0n) is 10.2. The van der Waals surface area contributed by atoms with Gasteiger partial charge in [0.05, 0.1) is 6.20 Å². The number of anilines is 1. The minimum atomic E-state index is -0.304. The van der Waals surface area contributed by atoms with Crippen LogP contribution in [0.3, 0.4) is 0 Å². The summed E-state index contributed by atoms with van der Waals surface area (Å²) in [7, 11) is 1.71. The summed E-state index contributed by atoms with van der Waals surface area (Å²) in [5.41, 5.74) is 0. The summed E-state index contributed by atoms with van der Waals surface area (Å²) in [6.45, 7) is 0.659. The third kappa shape index (κ3) is 1.58. The summed E-state index contributed by atoms with van der Waals surface area (Å²) in [5, 5.41) is 7.62. The molecule has 1 unspecified atom stereocenters. The molecule has 2 aliphatic rings. The molecule has 3 amide bonds. The van der Waals surface area contributed by atoms with E-state index in [1.165, 1.54) is 4.68 Å². The van der Waals surface area contributed by atoms with Crippen LogP contribution >= 0.6 is 0 Å². The molecule has 1 aromatic rings. The number of carbonyl (C=O) groups is 2. The van der Waals surface area contributed by atoms with E-state index >= 15 is 0 Å². The maximum Gasteiger partial charge on any atom is 0.333 e. The van der Waals surface area contributed by atoms with Crippen LogP contribution in [-0.2, 0) is 11.8 Å². The van der Waals surface area contributed by atoms with Crippen molar-refractivity contribution in [2.75, 3.05) is 11.4 Å². The lowest BCUT2D eigenvalue weighted by Crippen LogP contribution is -2.34. The minimum absolute atomic E-state index is 0.164. The molecular formula is C11H15N5O2. The van der Waals surface area contributed by atoms with Crippen LogP contribution in [0.15, 0.2) is 6.20 Å². The molecule has 0 aliphatic carbocycles. The zero-order chi connectivity index (χ0) is 12.7. The Morgan fingerprint density at radius 2 is 2.11 bits per heavy atom. The molecule has 1 atom stereocenters. The van der Waals surface area contributed by atoms with Crippen LogP contribution in [0.25, 0.3) is 0 Å².